The third-order valence-electron chi connectivity index (χ3n) is 3.82. The van der Waals surface area contributed by atoms with Gasteiger partial charge in [0.2, 0.25) is 5.82 Å². The van der Waals surface area contributed by atoms with E-state index in [1.807, 2.05) is 0 Å². The first-order chi connectivity index (χ1) is 9.00. The van der Waals surface area contributed by atoms with Crippen LogP contribution in [0.4, 0.5) is 5.82 Å². The van der Waals surface area contributed by atoms with Crippen LogP contribution in [0, 0.1) is 5.92 Å². The van der Waals surface area contributed by atoms with E-state index in [-0.39, 0.29) is 11.9 Å². The van der Waals surface area contributed by atoms with Crippen LogP contribution in [-0.2, 0) is 14.1 Å². The van der Waals surface area contributed by atoms with Gasteiger partial charge in [0.05, 0.1) is 0 Å². The Morgan fingerprint density at radius 2 is 2.00 bits per heavy atom. The van der Waals surface area contributed by atoms with Gasteiger partial charge in [0.25, 0.3) is 5.56 Å². The van der Waals surface area contributed by atoms with Crippen LogP contribution < -0.4 is 22.3 Å². The molecule has 7 heteroatoms. The summed E-state index contributed by atoms with van der Waals surface area (Å²) in [5.74, 6) is 0.569. The highest BCUT2D eigenvalue weighted by Crippen LogP contribution is 2.22. The number of nitrogens with zero attached hydrogens (tertiary/aromatic N) is 3. The van der Waals surface area contributed by atoms with Crippen LogP contribution in [0.5, 0.6) is 0 Å². The van der Waals surface area contributed by atoms with Crippen molar-refractivity contribution in [3.05, 3.63) is 20.8 Å². The van der Waals surface area contributed by atoms with Gasteiger partial charge in [-0.3, -0.25) is 9.36 Å². The lowest BCUT2D eigenvalue weighted by Crippen LogP contribution is -2.42. The zero-order valence-electron chi connectivity index (χ0n) is 11.4. The Balaban J connectivity index is 2.12. The highest BCUT2D eigenvalue weighted by Gasteiger charge is 2.22. The average molecular weight is 267 g/mol. The summed E-state index contributed by atoms with van der Waals surface area (Å²) < 4.78 is 2.21. The van der Waals surface area contributed by atoms with Crippen molar-refractivity contribution < 1.29 is 0 Å². The predicted molar refractivity (Wildman–Crippen MR) is 73.1 cm³/mol. The summed E-state index contributed by atoms with van der Waals surface area (Å²) in [5.41, 5.74) is 5.24. The molecule has 106 valence electrons. The van der Waals surface area contributed by atoms with Crippen molar-refractivity contribution in [2.45, 2.75) is 31.7 Å². The highest BCUT2D eigenvalue weighted by atomic mass is 16.2. The molecule has 2 rings (SSSR count). The maximum Gasteiger partial charge on any atom is 0.346 e. The lowest BCUT2D eigenvalue weighted by Gasteiger charge is -2.28. The fraction of sp³-hybridized carbons (Fsp3) is 0.750. The third-order valence-corrected chi connectivity index (χ3v) is 3.82. The molecule has 1 aliphatic carbocycles. The van der Waals surface area contributed by atoms with Crippen LogP contribution >= 0.6 is 0 Å². The summed E-state index contributed by atoms with van der Waals surface area (Å²) >= 11 is 0. The molecule has 1 heterocycles. The van der Waals surface area contributed by atoms with Crippen LogP contribution in [0.25, 0.3) is 0 Å². The van der Waals surface area contributed by atoms with Crippen LogP contribution in [0.2, 0.25) is 0 Å². The van der Waals surface area contributed by atoms with Gasteiger partial charge in [-0.15, -0.1) is 5.10 Å². The lowest BCUT2D eigenvalue weighted by atomic mass is 9.85. The van der Waals surface area contributed by atoms with Gasteiger partial charge in [0, 0.05) is 26.7 Å². The normalized spacial score (nSPS) is 23.3. The molecule has 0 radical (unpaired) electrons. The second-order valence-corrected chi connectivity index (χ2v) is 5.21. The summed E-state index contributed by atoms with van der Waals surface area (Å²) in [6.45, 7) is 0.627. The first-order valence-corrected chi connectivity index (χ1v) is 6.64. The molecule has 0 spiro atoms. The Labute approximate surface area is 111 Å². The Morgan fingerprint density at radius 3 is 2.68 bits per heavy atom. The van der Waals surface area contributed by atoms with Crippen molar-refractivity contribution in [3.8, 4) is 0 Å². The number of rotatable bonds is 3. The van der Waals surface area contributed by atoms with E-state index in [2.05, 4.69) is 10.4 Å². The summed E-state index contributed by atoms with van der Waals surface area (Å²) in [5, 5.41) is 7.00. The summed E-state index contributed by atoms with van der Waals surface area (Å²) in [4.78, 5) is 23.4. The first-order valence-electron chi connectivity index (χ1n) is 6.64. The molecule has 1 fully saturated rings. The van der Waals surface area contributed by atoms with Crippen LogP contribution in [0.15, 0.2) is 9.59 Å². The molecule has 0 aliphatic heterocycles. The van der Waals surface area contributed by atoms with Crippen molar-refractivity contribution in [2.75, 3.05) is 11.9 Å². The molecule has 1 aliphatic rings. The predicted octanol–water partition coefficient (Wildman–Crippen LogP) is -0.592. The molecule has 0 aromatic carbocycles. The van der Waals surface area contributed by atoms with E-state index in [0.717, 1.165) is 22.1 Å². The summed E-state index contributed by atoms with van der Waals surface area (Å²) in [7, 11) is 2.98. The Morgan fingerprint density at radius 1 is 1.32 bits per heavy atom. The van der Waals surface area contributed by atoms with Crippen LogP contribution in [0.1, 0.15) is 25.7 Å². The molecule has 0 bridgehead atoms. The van der Waals surface area contributed by atoms with Gasteiger partial charge >= 0.3 is 5.69 Å². The topological polar surface area (TPSA) is 94.9 Å². The maximum atomic E-state index is 11.9. The Kier molecular flexibility index (Phi) is 4.04. The standard InChI is InChI=1S/C12H21N5O2/c1-16-11(18)10(15-17(2)12(16)19)14-7-8-5-3-4-6-9(8)13/h8-9H,3-7,13H2,1-2H3,(H,14,15). The summed E-state index contributed by atoms with van der Waals surface area (Å²) in [6, 6.07) is 0.178. The number of hydrogen-bond donors (Lipinski definition) is 2. The molecule has 7 nitrogen and oxygen atoms in total. The van der Waals surface area contributed by atoms with Crippen LogP contribution in [0.3, 0.4) is 0 Å². The van der Waals surface area contributed by atoms with Gasteiger partial charge in [-0.1, -0.05) is 12.8 Å². The number of aryl methyl sites for hydroxylation is 1. The van der Waals surface area contributed by atoms with E-state index < -0.39 is 11.2 Å². The second kappa shape index (κ2) is 5.56. The third kappa shape index (κ3) is 2.86. The van der Waals surface area contributed by atoms with Gasteiger partial charge in [0.1, 0.15) is 0 Å². The quantitative estimate of drug-likeness (QED) is 0.763. The maximum absolute atomic E-state index is 11.9. The smallest absolute Gasteiger partial charge is 0.346 e. The van der Waals surface area contributed by atoms with Crippen LogP contribution in [-0.4, -0.2) is 26.9 Å². The van der Waals surface area contributed by atoms with E-state index in [0.29, 0.717) is 12.5 Å². The molecular formula is C12H21N5O2. The summed E-state index contributed by atoms with van der Waals surface area (Å²) in [6.07, 6.45) is 4.46. The van der Waals surface area contributed by atoms with Crippen molar-refractivity contribution in [1.29, 1.82) is 0 Å². The van der Waals surface area contributed by atoms with Gasteiger partial charge < -0.3 is 11.1 Å². The van der Waals surface area contributed by atoms with E-state index in [9.17, 15) is 9.59 Å². The lowest BCUT2D eigenvalue weighted by molar-refractivity contribution is 0.321. The molecule has 0 saturated heterocycles. The molecule has 3 N–H and O–H groups in total. The molecule has 1 saturated carbocycles. The van der Waals surface area contributed by atoms with Gasteiger partial charge in [-0.25, -0.2) is 9.48 Å². The van der Waals surface area contributed by atoms with Crippen molar-refractivity contribution in [2.24, 2.45) is 25.7 Å². The minimum atomic E-state index is -0.426. The Bertz CT molecular complexity index is 562. The van der Waals surface area contributed by atoms with Crippen molar-refractivity contribution in [3.63, 3.8) is 0 Å². The number of hydrogen-bond acceptors (Lipinski definition) is 5. The van der Waals surface area contributed by atoms with E-state index in [1.54, 1.807) is 0 Å². The molecule has 0 amide bonds. The van der Waals surface area contributed by atoms with Crippen molar-refractivity contribution >= 4 is 5.82 Å². The van der Waals surface area contributed by atoms with Crippen molar-refractivity contribution in [1.82, 2.24) is 14.3 Å². The SMILES string of the molecule is Cn1nc(NCC2CCCCC2N)c(=O)n(C)c1=O. The van der Waals surface area contributed by atoms with Gasteiger partial charge in [0.15, 0.2) is 0 Å². The number of anilines is 1. The molecule has 2 atom stereocenters. The minimum Gasteiger partial charge on any atom is -0.364 e. The molecule has 1 aromatic heterocycles. The first kappa shape index (κ1) is 13.8. The fourth-order valence-electron chi connectivity index (χ4n) is 2.53. The number of nitrogens with one attached hydrogen (secondary N) is 1. The van der Waals surface area contributed by atoms with E-state index in [4.69, 9.17) is 5.73 Å². The second-order valence-electron chi connectivity index (χ2n) is 5.21. The van der Waals surface area contributed by atoms with Gasteiger partial charge in [-0.05, 0) is 18.8 Å². The number of aromatic nitrogens is 3. The molecule has 2 unspecified atom stereocenters. The largest absolute Gasteiger partial charge is 0.364 e. The van der Waals surface area contributed by atoms with E-state index >= 15 is 0 Å². The molecule has 1 aromatic rings. The monoisotopic (exact) mass is 267 g/mol. The zero-order chi connectivity index (χ0) is 14.0. The minimum absolute atomic E-state index is 0.178. The highest BCUT2D eigenvalue weighted by molar-refractivity contribution is 5.29. The Hall–Kier alpha value is -1.63. The molecular weight excluding hydrogens is 246 g/mol. The molecule has 19 heavy (non-hydrogen) atoms. The van der Waals surface area contributed by atoms with Gasteiger partial charge in [-0.2, -0.15) is 0 Å². The zero-order valence-corrected chi connectivity index (χ0v) is 11.4. The number of nitrogens with two attached hydrogens (primary N) is 1. The fourth-order valence-corrected chi connectivity index (χ4v) is 2.53. The van der Waals surface area contributed by atoms with E-state index in [1.165, 1.54) is 26.9 Å². The average Bonchev–Trinajstić information content (AvgIpc) is 2.40.